The monoisotopic (exact) mass is 249 g/mol. The highest BCUT2D eigenvalue weighted by molar-refractivity contribution is 7.12. The van der Waals surface area contributed by atoms with Crippen molar-refractivity contribution < 1.29 is 0 Å². The number of nitrogens with zero attached hydrogens (tertiary/aromatic N) is 2. The van der Waals surface area contributed by atoms with E-state index >= 15 is 0 Å². The van der Waals surface area contributed by atoms with Crippen LogP contribution in [0.5, 0.6) is 0 Å². The zero-order valence-electron chi connectivity index (χ0n) is 8.80. The number of thiophene rings is 1. The Bertz CT molecular complexity index is 482. The summed E-state index contributed by atoms with van der Waals surface area (Å²) in [5.74, 6) is 0. The molecule has 0 radical (unpaired) electrons. The molecule has 2 aromatic heterocycles. The first kappa shape index (κ1) is 11.3. The Kier molecular flexibility index (Phi) is 3.67. The average Bonchev–Trinajstić information content (AvgIpc) is 2.96. The van der Waals surface area contributed by atoms with Gasteiger partial charge in [0.1, 0.15) is 16.0 Å². The molecule has 0 spiro atoms. The summed E-state index contributed by atoms with van der Waals surface area (Å²) >= 11 is 3.18. The largest absolute Gasteiger partial charge is 0.303 e. The molecule has 0 aliphatic carbocycles. The molecule has 0 bridgehead atoms. The van der Waals surface area contributed by atoms with E-state index < -0.39 is 0 Å². The van der Waals surface area contributed by atoms with Crippen LogP contribution >= 0.6 is 22.7 Å². The lowest BCUT2D eigenvalue weighted by atomic mass is 10.3. The molecule has 3 nitrogen and oxygen atoms in total. The molecule has 5 heteroatoms. The highest BCUT2D eigenvalue weighted by Gasteiger charge is 2.07. The van der Waals surface area contributed by atoms with Crippen molar-refractivity contribution in [3.05, 3.63) is 38.5 Å². The van der Waals surface area contributed by atoms with Crippen LogP contribution in [0.3, 0.4) is 0 Å². The number of aromatic nitrogens is 1. The first-order valence-corrected chi connectivity index (χ1v) is 6.61. The number of hydrogen-bond donors (Lipinski definition) is 1. The van der Waals surface area contributed by atoms with Gasteiger partial charge in [-0.05, 0) is 19.1 Å². The third-order valence-electron chi connectivity index (χ3n) is 2.18. The lowest BCUT2D eigenvalue weighted by Gasteiger charge is -2.09. The highest BCUT2D eigenvalue weighted by Crippen LogP contribution is 2.18. The molecule has 0 aromatic carbocycles. The van der Waals surface area contributed by atoms with Crippen molar-refractivity contribution in [3.63, 3.8) is 0 Å². The first-order chi connectivity index (χ1) is 7.79. The molecule has 16 heavy (non-hydrogen) atoms. The van der Waals surface area contributed by atoms with Gasteiger partial charge in [0.25, 0.3) is 0 Å². The summed E-state index contributed by atoms with van der Waals surface area (Å²) in [5, 5.41) is 15.2. The van der Waals surface area contributed by atoms with Crippen LogP contribution in [0.25, 0.3) is 0 Å². The highest BCUT2D eigenvalue weighted by atomic mass is 32.1. The molecule has 2 heterocycles. The molecule has 0 aliphatic rings. The molecule has 0 aliphatic heterocycles. The maximum absolute atomic E-state index is 8.71. The van der Waals surface area contributed by atoms with Crippen LogP contribution < -0.4 is 5.32 Å². The Labute approximate surface area is 102 Å². The lowest BCUT2D eigenvalue weighted by molar-refractivity contribution is 0.576. The fourth-order valence-corrected chi connectivity index (χ4v) is 2.75. The van der Waals surface area contributed by atoms with E-state index in [1.807, 2.05) is 23.7 Å². The third kappa shape index (κ3) is 2.67. The summed E-state index contributed by atoms with van der Waals surface area (Å²) in [4.78, 5) is 6.20. The van der Waals surface area contributed by atoms with Crippen molar-refractivity contribution in [3.8, 4) is 6.07 Å². The number of hydrogen-bond acceptors (Lipinski definition) is 5. The van der Waals surface area contributed by atoms with Crippen molar-refractivity contribution >= 4 is 22.7 Å². The van der Waals surface area contributed by atoms with E-state index in [0.29, 0.717) is 0 Å². The van der Waals surface area contributed by atoms with E-state index in [0.717, 1.165) is 16.4 Å². The summed E-state index contributed by atoms with van der Waals surface area (Å²) in [6.07, 6.45) is 1.82. The van der Waals surface area contributed by atoms with Crippen molar-refractivity contribution in [2.75, 3.05) is 0 Å². The van der Waals surface area contributed by atoms with Gasteiger partial charge in [0.2, 0.25) is 0 Å². The third-order valence-corrected chi connectivity index (χ3v) is 4.12. The number of thiazole rings is 1. The number of nitrogens with one attached hydrogen (secondary N) is 1. The summed E-state index contributed by atoms with van der Waals surface area (Å²) < 4.78 is 0. The van der Waals surface area contributed by atoms with E-state index in [9.17, 15) is 0 Å². The molecular weight excluding hydrogens is 238 g/mol. The Morgan fingerprint density at radius 2 is 2.44 bits per heavy atom. The molecule has 2 aromatic rings. The minimum absolute atomic E-state index is 0.257. The fraction of sp³-hybridized carbons (Fsp3) is 0.273. The van der Waals surface area contributed by atoms with Gasteiger partial charge in [0, 0.05) is 23.0 Å². The molecule has 0 amide bonds. The van der Waals surface area contributed by atoms with Crippen LogP contribution in [0, 0.1) is 11.3 Å². The molecular formula is C11H11N3S2. The van der Waals surface area contributed by atoms with Gasteiger partial charge in [-0.1, -0.05) is 0 Å². The van der Waals surface area contributed by atoms with E-state index in [1.54, 1.807) is 11.3 Å². The smallest absolute Gasteiger partial charge is 0.110 e. The molecule has 1 unspecified atom stereocenters. The standard InChI is InChI=1S/C11H11N3S2/c1-8(11-13-4-5-15-11)14-7-10-3-2-9(6-12)16-10/h2-5,8,14H,7H2,1H3. The molecule has 0 fully saturated rings. The number of nitriles is 1. The summed E-state index contributed by atoms with van der Waals surface area (Å²) in [5.41, 5.74) is 0. The van der Waals surface area contributed by atoms with E-state index in [4.69, 9.17) is 5.26 Å². The van der Waals surface area contributed by atoms with Gasteiger partial charge >= 0.3 is 0 Å². The zero-order valence-corrected chi connectivity index (χ0v) is 10.4. The van der Waals surface area contributed by atoms with Crippen LogP contribution in [-0.2, 0) is 6.54 Å². The zero-order chi connectivity index (χ0) is 11.4. The second-order valence-corrected chi connectivity index (χ2v) is 5.45. The average molecular weight is 249 g/mol. The van der Waals surface area contributed by atoms with Gasteiger partial charge in [0.15, 0.2) is 0 Å². The Morgan fingerprint density at radius 3 is 3.06 bits per heavy atom. The Balaban J connectivity index is 1.90. The quantitative estimate of drug-likeness (QED) is 0.906. The van der Waals surface area contributed by atoms with Gasteiger partial charge in [-0.25, -0.2) is 4.98 Å². The molecule has 82 valence electrons. The summed E-state index contributed by atoms with van der Waals surface area (Å²) in [6.45, 7) is 2.88. The predicted molar refractivity (Wildman–Crippen MR) is 66.4 cm³/mol. The van der Waals surface area contributed by atoms with Crippen molar-refractivity contribution in [2.45, 2.75) is 19.5 Å². The maximum atomic E-state index is 8.71. The van der Waals surface area contributed by atoms with Gasteiger partial charge in [0.05, 0.1) is 6.04 Å². The summed E-state index contributed by atoms with van der Waals surface area (Å²) in [7, 11) is 0. The fourth-order valence-electron chi connectivity index (χ4n) is 1.32. The van der Waals surface area contributed by atoms with Crippen LogP contribution in [-0.4, -0.2) is 4.98 Å². The van der Waals surface area contributed by atoms with Crippen LogP contribution in [0.2, 0.25) is 0 Å². The predicted octanol–water partition coefficient (Wildman–Crippen LogP) is 2.93. The van der Waals surface area contributed by atoms with Crippen molar-refractivity contribution in [2.24, 2.45) is 0 Å². The van der Waals surface area contributed by atoms with Crippen molar-refractivity contribution in [1.82, 2.24) is 10.3 Å². The van der Waals surface area contributed by atoms with Crippen LogP contribution in [0.1, 0.15) is 27.7 Å². The second kappa shape index (κ2) is 5.21. The first-order valence-electron chi connectivity index (χ1n) is 4.91. The Hall–Kier alpha value is -1.22. The molecule has 2 rings (SSSR count). The van der Waals surface area contributed by atoms with Crippen LogP contribution in [0.4, 0.5) is 0 Å². The minimum Gasteiger partial charge on any atom is -0.303 e. The number of rotatable bonds is 4. The van der Waals surface area contributed by atoms with Gasteiger partial charge < -0.3 is 5.32 Å². The molecule has 1 N–H and O–H groups in total. The molecule has 0 saturated carbocycles. The maximum Gasteiger partial charge on any atom is 0.110 e. The molecule has 0 saturated heterocycles. The minimum atomic E-state index is 0.257. The second-order valence-electron chi connectivity index (χ2n) is 3.35. The van der Waals surface area contributed by atoms with E-state index in [2.05, 4.69) is 23.3 Å². The van der Waals surface area contributed by atoms with Gasteiger partial charge in [-0.2, -0.15) is 5.26 Å². The Morgan fingerprint density at radius 1 is 1.56 bits per heavy atom. The normalized spacial score (nSPS) is 12.2. The van der Waals surface area contributed by atoms with E-state index in [1.165, 1.54) is 16.2 Å². The van der Waals surface area contributed by atoms with Gasteiger partial charge in [-0.3, -0.25) is 0 Å². The molecule has 1 atom stereocenters. The topological polar surface area (TPSA) is 48.7 Å². The van der Waals surface area contributed by atoms with Crippen molar-refractivity contribution in [1.29, 1.82) is 5.26 Å². The SMILES string of the molecule is CC(NCc1ccc(C#N)s1)c1nccs1. The lowest BCUT2D eigenvalue weighted by Crippen LogP contribution is -2.17. The van der Waals surface area contributed by atoms with Gasteiger partial charge in [-0.15, -0.1) is 22.7 Å². The summed E-state index contributed by atoms with van der Waals surface area (Å²) in [6, 6.07) is 6.25. The van der Waals surface area contributed by atoms with Crippen LogP contribution in [0.15, 0.2) is 23.7 Å². The van der Waals surface area contributed by atoms with E-state index in [-0.39, 0.29) is 6.04 Å².